The molecule has 0 aliphatic carbocycles. The first-order valence-corrected chi connectivity index (χ1v) is 3.61. The molecule has 56 valence electrons. The Hall–Kier alpha value is -1.38. The van der Waals surface area contributed by atoms with Crippen molar-refractivity contribution in [2.45, 2.75) is 13.3 Å². The van der Waals surface area contributed by atoms with E-state index in [1.807, 2.05) is 19.1 Å². The molecule has 0 amide bonds. The second kappa shape index (κ2) is 2.34. The second-order valence-corrected chi connectivity index (χ2v) is 2.33. The molecule has 0 unspecified atom stereocenters. The van der Waals surface area contributed by atoms with Crippen LogP contribution in [0.3, 0.4) is 0 Å². The van der Waals surface area contributed by atoms with Gasteiger partial charge in [0, 0.05) is 12.6 Å². The highest BCUT2D eigenvalue weighted by Gasteiger charge is 2.04. The van der Waals surface area contributed by atoms with E-state index in [9.17, 15) is 0 Å². The minimum absolute atomic E-state index is 0.837. The summed E-state index contributed by atoms with van der Waals surface area (Å²) in [6, 6.07) is 3.75. The fourth-order valence-electron chi connectivity index (χ4n) is 1.06. The predicted octanol–water partition coefficient (Wildman–Crippen LogP) is 1.79. The Balaban J connectivity index is 2.76. The fraction of sp³-hybridized carbons (Fsp3) is 0.250. The lowest BCUT2D eigenvalue weighted by Crippen LogP contribution is -1.77. The van der Waals surface area contributed by atoms with Crippen LogP contribution in [-0.2, 0) is 6.42 Å². The number of fused-ring (bicyclic) bond motifs is 1. The fourth-order valence-corrected chi connectivity index (χ4v) is 1.06. The molecule has 0 aliphatic rings. The van der Waals surface area contributed by atoms with E-state index in [-0.39, 0.29) is 0 Å². The molecule has 0 radical (unpaired) electrons. The van der Waals surface area contributed by atoms with E-state index in [4.69, 9.17) is 4.52 Å². The van der Waals surface area contributed by atoms with Gasteiger partial charge in [-0.05, 0) is 12.1 Å². The molecule has 0 aromatic carbocycles. The van der Waals surface area contributed by atoms with E-state index in [0.717, 1.165) is 23.2 Å². The number of pyridine rings is 1. The molecule has 0 saturated heterocycles. The highest BCUT2D eigenvalue weighted by atomic mass is 16.5. The van der Waals surface area contributed by atoms with Crippen molar-refractivity contribution in [3.63, 3.8) is 0 Å². The molecule has 3 nitrogen and oxygen atoms in total. The van der Waals surface area contributed by atoms with Crippen LogP contribution in [0.4, 0.5) is 0 Å². The Bertz CT molecular complexity index is 367. The summed E-state index contributed by atoms with van der Waals surface area (Å²) in [6.45, 7) is 2.02. The number of nitrogens with zero attached hydrogens (tertiary/aromatic N) is 2. The highest BCUT2D eigenvalue weighted by molar-refractivity contribution is 5.75. The van der Waals surface area contributed by atoms with Crippen LogP contribution in [0, 0.1) is 0 Å². The first-order valence-electron chi connectivity index (χ1n) is 3.61. The molecule has 2 heterocycles. The molecule has 0 bridgehead atoms. The first-order chi connectivity index (χ1) is 5.42. The maximum Gasteiger partial charge on any atom is 0.162 e. The predicted molar refractivity (Wildman–Crippen MR) is 41.2 cm³/mol. The van der Waals surface area contributed by atoms with Crippen molar-refractivity contribution in [1.29, 1.82) is 0 Å². The Morgan fingerprint density at radius 3 is 3.27 bits per heavy atom. The van der Waals surface area contributed by atoms with Crippen molar-refractivity contribution >= 4 is 11.0 Å². The first kappa shape index (κ1) is 6.34. The van der Waals surface area contributed by atoms with Crippen molar-refractivity contribution in [1.82, 2.24) is 10.1 Å². The Morgan fingerprint density at radius 2 is 2.45 bits per heavy atom. The molecule has 0 saturated carbocycles. The molecule has 0 atom stereocenters. The lowest BCUT2D eigenvalue weighted by atomic mass is 10.3. The van der Waals surface area contributed by atoms with Crippen LogP contribution in [0.5, 0.6) is 0 Å². The van der Waals surface area contributed by atoms with E-state index in [1.165, 1.54) is 0 Å². The van der Waals surface area contributed by atoms with Crippen LogP contribution in [-0.4, -0.2) is 10.1 Å². The summed E-state index contributed by atoms with van der Waals surface area (Å²) < 4.78 is 5.05. The van der Waals surface area contributed by atoms with Gasteiger partial charge in [0.05, 0.1) is 0 Å². The summed E-state index contributed by atoms with van der Waals surface area (Å²) >= 11 is 0. The van der Waals surface area contributed by atoms with Crippen LogP contribution in [0.25, 0.3) is 11.0 Å². The van der Waals surface area contributed by atoms with Gasteiger partial charge < -0.3 is 4.52 Å². The Morgan fingerprint density at radius 1 is 1.55 bits per heavy atom. The largest absolute Gasteiger partial charge is 0.358 e. The van der Waals surface area contributed by atoms with Crippen LogP contribution >= 0.6 is 0 Å². The van der Waals surface area contributed by atoms with Crippen molar-refractivity contribution in [3.05, 3.63) is 24.1 Å². The lowest BCUT2D eigenvalue weighted by molar-refractivity contribution is 0.394. The SMILES string of the molecule is CCc1onc2cccnc12. The maximum atomic E-state index is 5.05. The molecule has 3 heteroatoms. The minimum atomic E-state index is 0.837. The van der Waals surface area contributed by atoms with Gasteiger partial charge in [-0.25, -0.2) is 0 Å². The van der Waals surface area contributed by atoms with Gasteiger partial charge in [-0.2, -0.15) is 0 Å². The molecular weight excluding hydrogens is 140 g/mol. The van der Waals surface area contributed by atoms with Crippen LogP contribution in [0.15, 0.2) is 22.9 Å². The second-order valence-electron chi connectivity index (χ2n) is 2.33. The number of aryl methyl sites for hydroxylation is 1. The zero-order valence-corrected chi connectivity index (χ0v) is 6.24. The van der Waals surface area contributed by atoms with Gasteiger partial charge in [0.25, 0.3) is 0 Å². The lowest BCUT2D eigenvalue weighted by Gasteiger charge is -1.85. The Labute approximate surface area is 64.0 Å². The minimum Gasteiger partial charge on any atom is -0.358 e. The van der Waals surface area contributed by atoms with Gasteiger partial charge in [-0.3, -0.25) is 4.98 Å². The molecule has 0 fully saturated rings. The summed E-state index contributed by atoms with van der Waals surface area (Å²) in [5.41, 5.74) is 1.72. The topological polar surface area (TPSA) is 38.9 Å². The Kier molecular flexibility index (Phi) is 1.35. The number of hydrogen-bond donors (Lipinski definition) is 0. The van der Waals surface area contributed by atoms with E-state index >= 15 is 0 Å². The van der Waals surface area contributed by atoms with E-state index in [1.54, 1.807) is 6.20 Å². The number of rotatable bonds is 1. The zero-order chi connectivity index (χ0) is 7.68. The molecular formula is C8H8N2O. The van der Waals surface area contributed by atoms with Gasteiger partial charge in [0.2, 0.25) is 0 Å². The van der Waals surface area contributed by atoms with E-state index < -0.39 is 0 Å². The van der Waals surface area contributed by atoms with Crippen molar-refractivity contribution in [3.8, 4) is 0 Å². The third kappa shape index (κ3) is 0.888. The zero-order valence-electron chi connectivity index (χ0n) is 6.24. The van der Waals surface area contributed by atoms with E-state index in [0.29, 0.717) is 0 Å². The quantitative estimate of drug-likeness (QED) is 0.618. The molecule has 0 N–H and O–H groups in total. The van der Waals surface area contributed by atoms with Gasteiger partial charge >= 0.3 is 0 Å². The highest BCUT2D eigenvalue weighted by Crippen LogP contribution is 2.14. The third-order valence-electron chi connectivity index (χ3n) is 1.63. The number of aromatic nitrogens is 2. The molecule has 2 aromatic heterocycles. The van der Waals surface area contributed by atoms with E-state index in [2.05, 4.69) is 10.1 Å². The normalized spacial score (nSPS) is 10.6. The average Bonchev–Trinajstić information content (AvgIpc) is 2.47. The standard InChI is InChI=1S/C8H8N2O/c1-2-7-8-6(10-11-7)4-3-5-9-8/h3-5H,2H2,1H3. The molecule has 0 aliphatic heterocycles. The number of hydrogen-bond acceptors (Lipinski definition) is 3. The molecule has 2 aromatic rings. The van der Waals surface area contributed by atoms with Crippen LogP contribution in [0.2, 0.25) is 0 Å². The summed E-state index contributed by atoms with van der Waals surface area (Å²) in [7, 11) is 0. The van der Waals surface area contributed by atoms with Gasteiger partial charge in [-0.15, -0.1) is 0 Å². The summed E-state index contributed by atoms with van der Waals surface area (Å²) in [5, 5.41) is 3.85. The molecule has 0 spiro atoms. The maximum absolute atomic E-state index is 5.05. The van der Waals surface area contributed by atoms with Crippen molar-refractivity contribution in [2.75, 3.05) is 0 Å². The third-order valence-corrected chi connectivity index (χ3v) is 1.63. The van der Waals surface area contributed by atoms with Crippen molar-refractivity contribution < 1.29 is 4.52 Å². The van der Waals surface area contributed by atoms with Gasteiger partial charge in [0.15, 0.2) is 5.76 Å². The average molecular weight is 148 g/mol. The summed E-state index contributed by atoms with van der Waals surface area (Å²) in [5.74, 6) is 0.862. The summed E-state index contributed by atoms with van der Waals surface area (Å²) in [6.07, 6.45) is 2.59. The molecule has 11 heavy (non-hydrogen) atoms. The smallest absolute Gasteiger partial charge is 0.162 e. The summed E-state index contributed by atoms with van der Waals surface area (Å²) in [4.78, 5) is 4.16. The van der Waals surface area contributed by atoms with Crippen molar-refractivity contribution in [2.24, 2.45) is 0 Å². The van der Waals surface area contributed by atoms with Crippen LogP contribution in [0.1, 0.15) is 12.7 Å². The van der Waals surface area contributed by atoms with Gasteiger partial charge in [-0.1, -0.05) is 12.1 Å². The van der Waals surface area contributed by atoms with Crippen LogP contribution < -0.4 is 0 Å². The monoisotopic (exact) mass is 148 g/mol. The molecule has 2 rings (SSSR count). The van der Waals surface area contributed by atoms with Gasteiger partial charge in [0.1, 0.15) is 11.0 Å².